The lowest BCUT2D eigenvalue weighted by Crippen LogP contribution is -2.25. The number of hydrogen-bond donors (Lipinski definition) is 2. The molecule has 140 valence electrons. The van der Waals surface area contributed by atoms with Crippen LogP contribution in [-0.2, 0) is 10.0 Å². The van der Waals surface area contributed by atoms with E-state index in [1.165, 1.54) is 12.1 Å². The molecule has 0 amide bonds. The van der Waals surface area contributed by atoms with Gasteiger partial charge in [-0.2, -0.15) is 0 Å². The monoisotopic (exact) mass is 496 g/mol. The van der Waals surface area contributed by atoms with Crippen LogP contribution in [-0.4, -0.2) is 13.7 Å². The van der Waals surface area contributed by atoms with Gasteiger partial charge in [0, 0.05) is 3.57 Å². The van der Waals surface area contributed by atoms with Gasteiger partial charge in [-0.15, -0.1) is 0 Å². The van der Waals surface area contributed by atoms with E-state index in [1.54, 1.807) is 6.07 Å². The van der Waals surface area contributed by atoms with E-state index in [4.69, 9.17) is 0 Å². The Morgan fingerprint density at radius 3 is 2.27 bits per heavy atom. The lowest BCUT2D eigenvalue weighted by Gasteiger charge is -2.18. The van der Waals surface area contributed by atoms with Crippen molar-refractivity contribution in [2.24, 2.45) is 0 Å². The second-order valence-electron chi connectivity index (χ2n) is 6.09. The van der Waals surface area contributed by atoms with E-state index in [9.17, 15) is 21.6 Å². The van der Waals surface area contributed by atoms with E-state index >= 15 is 0 Å². The molecule has 0 unspecified atom stereocenters. The standard InChI is InChI=1S/C17H16F3IN2O2S/c18-12-6-8-15(23-26(24,25)11-3-1-2-4-11)17(16(12)20)22-14-7-5-10(21)9-13(14)19/h5-9,11,22-23H,1-4H2. The minimum absolute atomic E-state index is 0.0868. The molecule has 0 spiro atoms. The Morgan fingerprint density at radius 2 is 1.62 bits per heavy atom. The minimum atomic E-state index is -3.75. The van der Waals surface area contributed by atoms with E-state index < -0.39 is 38.4 Å². The third kappa shape index (κ3) is 4.08. The summed E-state index contributed by atoms with van der Waals surface area (Å²) in [5.74, 6) is -3.11. The van der Waals surface area contributed by atoms with Crippen molar-refractivity contribution in [2.75, 3.05) is 10.0 Å². The first-order valence-corrected chi connectivity index (χ1v) is 10.6. The summed E-state index contributed by atoms with van der Waals surface area (Å²) < 4.78 is 70.0. The van der Waals surface area contributed by atoms with Crippen molar-refractivity contribution in [1.82, 2.24) is 0 Å². The molecular formula is C17H16F3IN2O2S. The van der Waals surface area contributed by atoms with Crippen molar-refractivity contribution >= 4 is 49.7 Å². The molecule has 0 aromatic heterocycles. The highest BCUT2D eigenvalue weighted by atomic mass is 127. The quantitative estimate of drug-likeness (QED) is 0.565. The summed E-state index contributed by atoms with van der Waals surface area (Å²) in [6.45, 7) is 0. The molecule has 0 bridgehead atoms. The fourth-order valence-corrected chi connectivity index (χ4v) is 4.97. The SMILES string of the molecule is O=S(=O)(Nc1ccc(F)c(F)c1Nc1ccc(I)cc1F)C1CCCC1. The van der Waals surface area contributed by atoms with Crippen LogP contribution >= 0.6 is 22.6 Å². The number of hydrogen-bond acceptors (Lipinski definition) is 3. The van der Waals surface area contributed by atoms with Crippen LogP contribution < -0.4 is 10.0 Å². The molecule has 0 radical (unpaired) electrons. The summed E-state index contributed by atoms with van der Waals surface area (Å²) in [6, 6.07) is 6.14. The Hall–Kier alpha value is -1.49. The predicted molar refractivity (Wildman–Crippen MR) is 104 cm³/mol. The summed E-state index contributed by atoms with van der Waals surface area (Å²) in [5, 5.41) is 1.90. The lowest BCUT2D eigenvalue weighted by atomic mass is 10.2. The van der Waals surface area contributed by atoms with Gasteiger partial charge in [0.2, 0.25) is 10.0 Å². The van der Waals surface area contributed by atoms with Crippen molar-refractivity contribution in [2.45, 2.75) is 30.9 Å². The number of rotatable bonds is 5. The van der Waals surface area contributed by atoms with Crippen LogP contribution in [0.3, 0.4) is 0 Å². The smallest absolute Gasteiger partial charge is 0.235 e. The van der Waals surface area contributed by atoms with Crippen LogP contribution in [0.4, 0.5) is 30.2 Å². The first kappa shape index (κ1) is 19.3. The van der Waals surface area contributed by atoms with Crippen molar-refractivity contribution in [3.05, 3.63) is 51.4 Å². The second-order valence-corrected chi connectivity index (χ2v) is 9.29. The van der Waals surface area contributed by atoms with Crippen molar-refractivity contribution in [3.8, 4) is 0 Å². The van der Waals surface area contributed by atoms with Crippen LogP contribution in [0.5, 0.6) is 0 Å². The molecule has 1 fully saturated rings. The fraction of sp³-hybridized carbons (Fsp3) is 0.294. The number of halogens is 4. The summed E-state index contributed by atoms with van der Waals surface area (Å²) >= 11 is 1.92. The Morgan fingerprint density at radius 1 is 0.962 bits per heavy atom. The maximum atomic E-state index is 14.3. The van der Waals surface area contributed by atoms with Gasteiger partial charge in [0.05, 0.1) is 16.6 Å². The van der Waals surface area contributed by atoms with Crippen molar-refractivity contribution in [3.63, 3.8) is 0 Å². The maximum Gasteiger partial charge on any atom is 0.235 e. The zero-order valence-corrected chi connectivity index (χ0v) is 16.5. The van der Waals surface area contributed by atoms with Gasteiger partial charge in [-0.05, 0) is 65.8 Å². The van der Waals surface area contributed by atoms with Gasteiger partial charge in [0.25, 0.3) is 0 Å². The average Bonchev–Trinajstić information content (AvgIpc) is 3.11. The maximum absolute atomic E-state index is 14.3. The molecule has 0 saturated heterocycles. The van der Waals surface area contributed by atoms with Crippen LogP contribution in [0, 0.1) is 21.0 Å². The molecule has 0 atom stereocenters. The molecule has 0 aliphatic heterocycles. The summed E-state index contributed by atoms with van der Waals surface area (Å²) in [7, 11) is -3.75. The van der Waals surface area contributed by atoms with Crippen LogP contribution in [0.25, 0.3) is 0 Å². The second kappa shape index (κ2) is 7.63. The summed E-state index contributed by atoms with van der Waals surface area (Å²) in [5.41, 5.74) is -0.698. The van der Waals surface area contributed by atoms with Crippen molar-refractivity contribution in [1.29, 1.82) is 0 Å². The van der Waals surface area contributed by atoms with Crippen LogP contribution in [0.1, 0.15) is 25.7 Å². The molecular weight excluding hydrogens is 480 g/mol. The Labute approximate surface area is 163 Å². The predicted octanol–water partition coefficient (Wildman–Crippen LogP) is 5.14. The van der Waals surface area contributed by atoms with Crippen molar-refractivity contribution < 1.29 is 21.6 Å². The molecule has 2 aromatic carbocycles. The molecule has 0 heterocycles. The van der Waals surface area contributed by atoms with Crippen LogP contribution in [0.15, 0.2) is 30.3 Å². The largest absolute Gasteiger partial charge is 0.349 e. The molecule has 1 saturated carbocycles. The molecule has 4 nitrogen and oxygen atoms in total. The lowest BCUT2D eigenvalue weighted by molar-refractivity contribution is 0.512. The number of benzene rings is 2. The van der Waals surface area contributed by atoms with Gasteiger partial charge < -0.3 is 5.32 Å². The molecule has 9 heteroatoms. The third-order valence-electron chi connectivity index (χ3n) is 4.28. The molecule has 2 aromatic rings. The highest BCUT2D eigenvalue weighted by Gasteiger charge is 2.30. The van der Waals surface area contributed by atoms with E-state index in [-0.39, 0.29) is 11.4 Å². The number of sulfonamides is 1. The average molecular weight is 496 g/mol. The van der Waals surface area contributed by atoms with Gasteiger partial charge in [-0.1, -0.05) is 12.8 Å². The van der Waals surface area contributed by atoms with E-state index in [0.717, 1.165) is 25.0 Å². The molecule has 1 aliphatic carbocycles. The van der Waals surface area contributed by atoms with E-state index in [1.807, 2.05) is 22.6 Å². The normalized spacial score (nSPS) is 15.2. The van der Waals surface area contributed by atoms with E-state index in [0.29, 0.717) is 16.4 Å². The summed E-state index contributed by atoms with van der Waals surface area (Å²) in [6.07, 6.45) is 2.66. The van der Waals surface area contributed by atoms with Gasteiger partial charge in [0.15, 0.2) is 11.6 Å². The molecule has 3 rings (SSSR count). The molecule has 1 aliphatic rings. The minimum Gasteiger partial charge on any atom is -0.349 e. The highest BCUT2D eigenvalue weighted by molar-refractivity contribution is 14.1. The van der Waals surface area contributed by atoms with Gasteiger partial charge in [-0.25, -0.2) is 21.6 Å². The summed E-state index contributed by atoms with van der Waals surface area (Å²) in [4.78, 5) is 0. The number of anilines is 3. The zero-order valence-electron chi connectivity index (χ0n) is 13.5. The molecule has 2 N–H and O–H groups in total. The Kier molecular flexibility index (Phi) is 5.66. The third-order valence-corrected chi connectivity index (χ3v) is 6.80. The first-order valence-electron chi connectivity index (χ1n) is 7.99. The Bertz CT molecular complexity index is 932. The first-order chi connectivity index (χ1) is 12.3. The Balaban J connectivity index is 1.97. The van der Waals surface area contributed by atoms with E-state index in [2.05, 4.69) is 10.0 Å². The fourth-order valence-electron chi connectivity index (χ4n) is 2.92. The van der Waals surface area contributed by atoms with Crippen LogP contribution in [0.2, 0.25) is 0 Å². The molecule has 26 heavy (non-hydrogen) atoms. The number of nitrogens with one attached hydrogen (secondary N) is 2. The van der Waals surface area contributed by atoms with Gasteiger partial charge in [-0.3, -0.25) is 4.72 Å². The van der Waals surface area contributed by atoms with Gasteiger partial charge >= 0.3 is 0 Å². The topological polar surface area (TPSA) is 58.2 Å². The van der Waals surface area contributed by atoms with Gasteiger partial charge in [0.1, 0.15) is 11.5 Å². The zero-order chi connectivity index (χ0) is 18.9. The highest BCUT2D eigenvalue weighted by Crippen LogP contribution is 2.34.